The number of carbonyl (C=O) groups is 1. The summed E-state index contributed by atoms with van der Waals surface area (Å²) in [4.78, 5) is 11.9. The second kappa shape index (κ2) is 6.49. The van der Waals surface area contributed by atoms with E-state index < -0.39 is 0 Å². The number of amides is 1. The van der Waals surface area contributed by atoms with Crippen molar-refractivity contribution in [3.05, 3.63) is 0 Å². The Morgan fingerprint density at radius 3 is 2.94 bits per heavy atom. The number of unbranched alkanes of at least 4 members (excludes halogenated alkanes) is 2. The smallest absolute Gasteiger partial charge is 0.240 e. The maximum atomic E-state index is 11.9. The molecule has 0 saturated carbocycles. The molecular weight excluding hydrogens is 202 g/mol. The van der Waals surface area contributed by atoms with Crippen LogP contribution >= 0.6 is 0 Å². The zero-order valence-corrected chi connectivity index (χ0v) is 10.0. The molecule has 1 aliphatic rings. The first-order valence-electron chi connectivity index (χ1n) is 6.09. The van der Waals surface area contributed by atoms with Gasteiger partial charge in [0.1, 0.15) is 0 Å². The van der Waals surface area contributed by atoms with Crippen LogP contribution in [0.2, 0.25) is 0 Å². The van der Waals surface area contributed by atoms with Crippen LogP contribution in [0.15, 0.2) is 0 Å². The minimum atomic E-state index is -0.381. The Kier molecular flexibility index (Phi) is 5.27. The Labute approximate surface area is 97.4 Å². The van der Waals surface area contributed by atoms with Gasteiger partial charge in [-0.25, -0.2) is 0 Å². The molecule has 1 heterocycles. The van der Waals surface area contributed by atoms with Gasteiger partial charge >= 0.3 is 0 Å². The predicted molar refractivity (Wildman–Crippen MR) is 62.7 cm³/mol. The van der Waals surface area contributed by atoms with Gasteiger partial charge in [0.05, 0.1) is 11.6 Å². The molecule has 0 radical (unpaired) electrons. The standard InChI is InChI=1S/C12H21N3O/c1-12(7-3-6-10-15-12)11(16)14-9-5-2-4-8-13/h15H,2-7,9-10H2,1H3,(H,14,16). The monoisotopic (exact) mass is 223 g/mol. The molecule has 1 amide bonds. The van der Waals surface area contributed by atoms with Crippen molar-refractivity contribution < 1.29 is 4.79 Å². The summed E-state index contributed by atoms with van der Waals surface area (Å²) in [5.41, 5.74) is -0.381. The summed E-state index contributed by atoms with van der Waals surface area (Å²) in [6, 6.07) is 2.10. The summed E-state index contributed by atoms with van der Waals surface area (Å²) in [5, 5.41) is 14.6. The van der Waals surface area contributed by atoms with Gasteiger partial charge in [0.25, 0.3) is 0 Å². The lowest BCUT2D eigenvalue weighted by Gasteiger charge is -2.33. The second-order valence-electron chi connectivity index (χ2n) is 4.59. The molecule has 1 aliphatic heterocycles. The van der Waals surface area contributed by atoms with Crippen LogP contribution in [0.1, 0.15) is 45.4 Å². The van der Waals surface area contributed by atoms with Crippen molar-refractivity contribution in [2.45, 2.75) is 51.0 Å². The number of nitriles is 1. The molecule has 4 heteroatoms. The van der Waals surface area contributed by atoms with Gasteiger partial charge in [0, 0.05) is 13.0 Å². The highest BCUT2D eigenvalue weighted by molar-refractivity contribution is 5.85. The van der Waals surface area contributed by atoms with Crippen molar-refractivity contribution in [3.8, 4) is 6.07 Å². The van der Waals surface area contributed by atoms with Gasteiger partial charge in [-0.3, -0.25) is 4.79 Å². The van der Waals surface area contributed by atoms with Gasteiger partial charge in [-0.2, -0.15) is 5.26 Å². The molecule has 2 N–H and O–H groups in total. The Balaban J connectivity index is 2.21. The van der Waals surface area contributed by atoms with Gasteiger partial charge in [-0.05, 0) is 45.6 Å². The molecule has 0 aromatic rings. The summed E-state index contributed by atoms with van der Waals surface area (Å²) >= 11 is 0. The van der Waals surface area contributed by atoms with Gasteiger partial charge < -0.3 is 10.6 Å². The highest BCUT2D eigenvalue weighted by Crippen LogP contribution is 2.18. The fourth-order valence-corrected chi connectivity index (χ4v) is 1.98. The summed E-state index contributed by atoms with van der Waals surface area (Å²) in [6.45, 7) is 3.58. The van der Waals surface area contributed by atoms with Gasteiger partial charge in [0.15, 0.2) is 0 Å². The highest BCUT2D eigenvalue weighted by atomic mass is 16.2. The van der Waals surface area contributed by atoms with Crippen molar-refractivity contribution in [1.82, 2.24) is 10.6 Å². The molecule has 0 bridgehead atoms. The van der Waals surface area contributed by atoms with E-state index in [1.165, 1.54) is 0 Å². The molecule has 4 nitrogen and oxygen atoms in total. The molecular formula is C12H21N3O. The van der Waals surface area contributed by atoms with E-state index in [1.54, 1.807) is 0 Å². The largest absolute Gasteiger partial charge is 0.355 e. The minimum Gasteiger partial charge on any atom is -0.355 e. The number of hydrogen-bond acceptors (Lipinski definition) is 3. The van der Waals surface area contributed by atoms with E-state index in [0.717, 1.165) is 38.6 Å². The normalized spacial score (nSPS) is 24.8. The zero-order chi connectivity index (χ0) is 11.9. The number of hydrogen-bond donors (Lipinski definition) is 2. The topological polar surface area (TPSA) is 64.9 Å². The van der Waals surface area contributed by atoms with Gasteiger partial charge in [0.2, 0.25) is 5.91 Å². The Morgan fingerprint density at radius 2 is 2.31 bits per heavy atom. The first-order valence-corrected chi connectivity index (χ1v) is 6.09. The Hall–Kier alpha value is -1.08. The van der Waals surface area contributed by atoms with Crippen LogP contribution in [0.3, 0.4) is 0 Å². The van der Waals surface area contributed by atoms with E-state index in [0.29, 0.717) is 13.0 Å². The third-order valence-electron chi connectivity index (χ3n) is 3.12. The maximum Gasteiger partial charge on any atom is 0.240 e. The van der Waals surface area contributed by atoms with E-state index in [4.69, 9.17) is 5.26 Å². The van der Waals surface area contributed by atoms with E-state index in [-0.39, 0.29) is 11.4 Å². The molecule has 1 saturated heterocycles. The summed E-state index contributed by atoms with van der Waals surface area (Å²) in [6.07, 6.45) is 5.51. The van der Waals surface area contributed by atoms with Crippen molar-refractivity contribution in [3.63, 3.8) is 0 Å². The first-order chi connectivity index (χ1) is 7.69. The fourth-order valence-electron chi connectivity index (χ4n) is 1.98. The number of nitrogens with one attached hydrogen (secondary N) is 2. The fraction of sp³-hybridized carbons (Fsp3) is 0.833. The Bertz CT molecular complexity index is 264. The average molecular weight is 223 g/mol. The third-order valence-corrected chi connectivity index (χ3v) is 3.12. The number of piperidine rings is 1. The third kappa shape index (κ3) is 3.82. The van der Waals surface area contributed by atoms with Crippen LogP contribution < -0.4 is 10.6 Å². The van der Waals surface area contributed by atoms with Gasteiger partial charge in [-0.1, -0.05) is 0 Å². The molecule has 1 fully saturated rings. The predicted octanol–water partition coefficient (Wildman–Crippen LogP) is 1.33. The molecule has 0 aromatic carbocycles. The van der Waals surface area contributed by atoms with E-state index in [9.17, 15) is 4.79 Å². The van der Waals surface area contributed by atoms with E-state index >= 15 is 0 Å². The first kappa shape index (κ1) is 13.0. The summed E-state index contributed by atoms with van der Waals surface area (Å²) < 4.78 is 0. The minimum absolute atomic E-state index is 0.101. The van der Waals surface area contributed by atoms with E-state index in [2.05, 4.69) is 16.7 Å². The lowest BCUT2D eigenvalue weighted by atomic mass is 9.90. The molecule has 1 rings (SSSR count). The SMILES string of the molecule is CC1(C(=O)NCCCCC#N)CCCCN1. The van der Waals surface area contributed by atoms with Crippen LogP contribution in [-0.2, 0) is 4.79 Å². The molecule has 0 aliphatic carbocycles. The van der Waals surface area contributed by atoms with Crippen molar-refractivity contribution in [2.75, 3.05) is 13.1 Å². The summed E-state index contributed by atoms with van der Waals surface area (Å²) in [7, 11) is 0. The van der Waals surface area contributed by atoms with Gasteiger partial charge in [-0.15, -0.1) is 0 Å². The van der Waals surface area contributed by atoms with Crippen molar-refractivity contribution in [2.24, 2.45) is 0 Å². The van der Waals surface area contributed by atoms with Crippen LogP contribution in [0.5, 0.6) is 0 Å². The zero-order valence-electron chi connectivity index (χ0n) is 10.0. The lowest BCUT2D eigenvalue weighted by Crippen LogP contribution is -2.57. The quantitative estimate of drug-likeness (QED) is 0.691. The van der Waals surface area contributed by atoms with Crippen LogP contribution in [0.25, 0.3) is 0 Å². The molecule has 0 spiro atoms. The highest BCUT2D eigenvalue weighted by Gasteiger charge is 2.33. The molecule has 1 atom stereocenters. The average Bonchev–Trinajstić information content (AvgIpc) is 2.29. The molecule has 0 aromatic heterocycles. The number of rotatable bonds is 5. The number of nitrogens with zero attached hydrogens (tertiary/aromatic N) is 1. The van der Waals surface area contributed by atoms with Crippen molar-refractivity contribution >= 4 is 5.91 Å². The van der Waals surface area contributed by atoms with E-state index in [1.807, 2.05) is 6.92 Å². The van der Waals surface area contributed by atoms with Crippen LogP contribution in [-0.4, -0.2) is 24.5 Å². The Morgan fingerprint density at radius 1 is 1.50 bits per heavy atom. The second-order valence-corrected chi connectivity index (χ2v) is 4.59. The molecule has 16 heavy (non-hydrogen) atoms. The summed E-state index contributed by atoms with van der Waals surface area (Å²) in [5.74, 6) is 0.101. The number of carbonyl (C=O) groups excluding carboxylic acids is 1. The molecule has 90 valence electrons. The van der Waals surface area contributed by atoms with Crippen molar-refractivity contribution in [1.29, 1.82) is 5.26 Å². The van der Waals surface area contributed by atoms with Crippen LogP contribution in [0, 0.1) is 11.3 Å². The van der Waals surface area contributed by atoms with Crippen LogP contribution in [0.4, 0.5) is 0 Å². The maximum absolute atomic E-state index is 11.9. The lowest BCUT2D eigenvalue weighted by molar-refractivity contribution is -0.127. The molecule has 1 unspecified atom stereocenters.